The number of piperazine rings is 1. The van der Waals surface area contributed by atoms with Crippen LogP contribution in [0.5, 0.6) is 0 Å². The molecular weight excluding hydrogens is 694 g/mol. The number of halogens is 1. The average molecular weight is 730 g/mol. The first kappa shape index (κ1) is 36.1. The monoisotopic (exact) mass is 729 g/mol. The highest BCUT2D eigenvalue weighted by atomic mass is 35.5. The average Bonchev–Trinajstić information content (AvgIpc) is 3.67. The largest absolute Gasteiger partial charge is 0.478 e. The summed E-state index contributed by atoms with van der Waals surface area (Å²) < 4.78 is 1.27. The number of aromatic carboxylic acids is 1. The third-order valence-electron chi connectivity index (χ3n) is 9.15. The number of rotatable bonds is 10. The molecule has 5 N–H and O–H groups in total. The fourth-order valence-electron chi connectivity index (χ4n) is 6.36. The van der Waals surface area contributed by atoms with Crippen molar-refractivity contribution in [3.8, 4) is 5.69 Å². The Hall–Kier alpha value is -5.71. The molecule has 6 rings (SSSR count). The van der Waals surface area contributed by atoms with Crippen molar-refractivity contribution in [2.45, 2.75) is 50.3 Å². The minimum absolute atomic E-state index is 0.0235. The van der Waals surface area contributed by atoms with Gasteiger partial charge in [0.1, 0.15) is 12.4 Å². The van der Waals surface area contributed by atoms with Crippen molar-refractivity contribution < 1.29 is 34.2 Å². The van der Waals surface area contributed by atoms with Crippen LogP contribution in [0.1, 0.15) is 41.6 Å². The van der Waals surface area contributed by atoms with Gasteiger partial charge in [0.25, 0.3) is 0 Å². The first-order valence-corrected chi connectivity index (χ1v) is 17.0. The number of carboxylic acids is 1. The molecule has 270 valence electrons. The van der Waals surface area contributed by atoms with Crippen LogP contribution in [0.2, 0.25) is 5.02 Å². The molecule has 3 aromatic carbocycles. The molecule has 2 heterocycles. The molecular formula is C35H36ClN9O7. The van der Waals surface area contributed by atoms with Gasteiger partial charge in [-0.05, 0) is 96.3 Å². The van der Waals surface area contributed by atoms with Crippen molar-refractivity contribution in [2.75, 3.05) is 35.2 Å². The molecule has 1 aliphatic heterocycles. The van der Waals surface area contributed by atoms with E-state index >= 15 is 0 Å². The Kier molecular flexibility index (Phi) is 11.2. The number of hydrogen-bond acceptors (Lipinski definition) is 10. The summed E-state index contributed by atoms with van der Waals surface area (Å²) in [7, 11) is 0. The minimum Gasteiger partial charge on any atom is -0.478 e. The van der Waals surface area contributed by atoms with Crippen molar-refractivity contribution in [3.63, 3.8) is 0 Å². The fourth-order valence-corrected chi connectivity index (χ4v) is 6.54. The number of carboxylic acid groups (broad SMARTS) is 1. The van der Waals surface area contributed by atoms with Crippen molar-refractivity contribution in [1.29, 1.82) is 0 Å². The Balaban J connectivity index is 1.15. The van der Waals surface area contributed by atoms with Gasteiger partial charge >= 0.3 is 17.8 Å². The van der Waals surface area contributed by atoms with Gasteiger partial charge in [0.15, 0.2) is 0 Å². The minimum atomic E-state index is -1.25. The van der Waals surface area contributed by atoms with Gasteiger partial charge < -0.3 is 31.1 Å². The topological polar surface area (TPSA) is 212 Å². The lowest BCUT2D eigenvalue weighted by Crippen LogP contribution is -2.54. The Bertz CT molecular complexity index is 1930. The summed E-state index contributed by atoms with van der Waals surface area (Å²) in [6, 6.07) is 16.1. The molecule has 0 spiro atoms. The number of amides is 4. The summed E-state index contributed by atoms with van der Waals surface area (Å²) in [5.41, 5.74) is 2.10. The van der Waals surface area contributed by atoms with E-state index in [2.05, 4.69) is 36.4 Å². The molecule has 0 bridgehead atoms. The highest BCUT2D eigenvalue weighted by Gasteiger charge is 2.32. The van der Waals surface area contributed by atoms with E-state index in [1.54, 1.807) is 41.3 Å². The fraction of sp³-hybridized carbons (Fsp3) is 0.314. The van der Waals surface area contributed by atoms with Gasteiger partial charge in [0.2, 0.25) is 11.8 Å². The number of hydrogen-bond donors (Lipinski definition) is 5. The Morgan fingerprint density at radius 1 is 0.904 bits per heavy atom. The summed E-state index contributed by atoms with van der Waals surface area (Å²) in [5.74, 6) is -4.02. The van der Waals surface area contributed by atoms with Gasteiger partial charge in [-0.25, -0.2) is 4.79 Å². The van der Waals surface area contributed by atoms with Crippen molar-refractivity contribution >= 4 is 58.3 Å². The van der Waals surface area contributed by atoms with Gasteiger partial charge in [-0.2, -0.15) is 4.68 Å². The number of anilines is 3. The molecule has 1 saturated heterocycles. The predicted octanol–water partition coefficient (Wildman–Crippen LogP) is 2.27. The van der Waals surface area contributed by atoms with Crippen LogP contribution < -0.4 is 20.9 Å². The van der Waals surface area contributed by atoms with E-state index < -0.39 is 29.7 Å². The summed E-state index contributed by atoms with van der Waals surface area (Å²) in [6.45, 7) is 1.51. The van der Waals surface area contributed by atoms with E-state index in [1.165, 1.54) is 41.3 Å². The van der Waals surface area contributed by atoms with Crippen LogP contribution in [0.4, 0.5) is 17.1 Å². The number of aliphatic hydroxyl groups excluding tert-OH is 1. The molecule has 0 radical (unpaired) electrons. The quantitative estimate of drug-likeness (QED) is 0.149. The normalized spacial score (nSPS) is 18.3. The zero-order chi connectivity index (χ0) is 36.8. The maximum Gasteiger partial charge on any atom is 0.335 e. The number of benzene rings is 3. The van der Waals surface area contributed by atoms with Gasteiger partial charge in [-0.1, -0.05) is 23.7 Å². The highest BCUT2D eigenvalue weighted by Crippen LogP contribution is 2.27. The molecule has 4 aromatic rings. The zero-order valence-electron chi connectivity index (χ0n) is 27.8. The van der Waals surface area contributed by atoms with E-state index in [-0.39, 0.29) is 46.4 Å². The number of nitrogens with one attached hydrogen (secondary N) is 3. The molecule has 1 atom stereocenters. The molecule has 16 nitrogen and oxygen atoms in total. The molecule has 1 unspecified atom stereocenters. The number of carbonyl (C=O) groups excluding carboxylic acids is 4. The van der Waals surface area contributed by atoms with Crippen LogP contribution in [0, 0.1) is 0 Å². The van der Waals surface area contributed by atoms with E-state index in [1.807, 2.05) is 0 Å². The van der Waals surface area contributed by atoms with E-state index in [0.29, 0.717) is 36.6 Å². The summed E-state index contributed by atoms with van der Waals surface area (Å²) >= 11 is 6.14. The third kappa shape index (κ3) is 8.77. The molecule has 4 amide bonds. The molecule has 2 fully saturated rings. The van der Waals surface area contributed by atoms with E-state index in [4.69, 9.17) is 11.6 Å². The molecule has 17 heteroatoms. The standard InChI is InChI=1S/C35H36ClN9O7/c36-23-5-14-30(45-20-37-41-42-45)28(18-23)39-33(49)34(50)40-29(32(48)38-24-6-3-22(4-7-24)35(51)52)17-21-1-8-26(9-2-21)44-16-15-43(19-31(44)47)25-10-12-27(46)13-11-25/h1-9,14,18,20,25,27,29,46H,10-13,15-17,19H2,(H,38,48)(H,39,49)(H,40,50)(H,51,52). The second kappa shape index (κ2) is 16.1. The van der Waals surface area contributed by atoms with Crippen LogP contribution in [0.15, 0.2) is 73.1 Å². The summed E-state index contributed by atoms with van der Waals surface area (Å²) in [5, 5.41) is 38.0. The molecule has 2 aliphatic rings. The number of carbonyl (C=O) groups is 5. The van der Waals surface area contributed by atoms with Gasteiger partial charge in [-0.15, -0.1) is 5.10 Å². The summed E-state index contributed by atoms with van der Waals surface area (Å²) in [6.07, 6.45) is 4.23. The van der Waals surface area contributed by atoms with Gasteiger partial charge in [0.05, 0.1) is 29.6 Å². The van der Waals surface area contributed by atoms with E-state index in [9.17, 15) is 34.2 Å². The van der Waals surface area contributed by atoms with Crippen molar-refractivity contribution in [1.82, 2.24) is 30.4 Å². The van der Waals surface area contributed by atoms with Crippen LogP contribution >= 0.6 is 11.6 Å². The zero-order valence-corrected chi connectivity index (χ0v) is 28.6. The molecule has 52 heavy (non-hydrogen) atoms. The second-order valence-corrected chi connectivity index (χ2v) is 13.1. The van der Waals surface area contributed by atoms with Gasteiger partial charge in [-0.3, -0.25) is 24.1 Å². The maximum atomic E-state index is 13.6. The number of aliphatic hydroxyl groups is 1. The van der Waals surface area contributed by atoms with Crippen LogP contribution in [0.25, 0.3) is 5.69 Å². The Morgan fingerprint density at radius 3 is 2.29 bits per heavy atom. The number of aromatic nitrogens is 4. The smallest absolute Gasteiger partial charge is 0.335 e. The van der Waals surface area contributed by atoms with Crippen molar-refractivity contribution in [3.05, 3.63) is 89.2 Å². The predicted molar refractivity (Wildman–Crippen MR) is 189 cm³/mol. The maximum absolute atomic E-state index is 13.6. The highest BCUT2D eigenvalue weighted by molar-refractivity contribution is 6.40. The lowest BCUT2D eigenvalue weighted by Gasteiger charge is -2.41. The first-order chi connectivity index (χ1) is 25.0. The second-order valence-electron chi connectivity index (χ2n) is 12.6. The Morgan fingerprint density at radius 2 is 1.63 bits per heavy atom. The summed E-state index contributed by atoms with van der Waals surface area (Å²) in [4.78, 5) is 68.3. The Labute approximate surface area is 302 Å². The molecule has 1 aromatic heterocycles. The third-order valence-corrected chi connectivity index (χ3v) is 9.39. The SMILES string of the molecule is O=C(Nc1cc(Cl)ccc1-n1cnnn1)C(=O)NC(Cc1ccc(N2CCN(C3CCC(O)CC3)CC2=O)cc1)C(=O)Nc1ccc(C(=O)O)cc1. The lowest BCUT2D eigenvalue weighted by atomic mass is 9.91. The molecule has 1 aliphatic carbocycles. The number of tetrazole rings is 1. The number of nitrogens with zero attached hydrogens (tertiary/aromatic N) is 6. The van der Waals surface area contributed by atoms with E-state index in [0.717, 1.165) is 25.7 Å². The van der Waals surface area contributed by atoms with Crippen molar-refractivity contribution in [2.24, 2.45) is 0 Å². The van der Waals surface area contributed by atoms with Crippen LogP contribution in [0.3, 0.4) is 0 Å². The first-order valence-electron chi connectivity index (χ1n) is 16.6. The van der Waals surface area contributed by atoms with Gasteiger partial charge in [0, 0.05) is 41.9 Å². The molecule has 1 saturated carbocycles. The van der Waals surface area contributed by atoms with Crippen LogP contribution in [-0.4, -0.2) is 103 Å². The van der Waals surface area contributed by atoms with Crippen LogP contribution in [-0.2, 0) is 25.6 Å². The lowest BCUT2D eigenvalue weighted by molar-refractivity contribution is -0.137.